The van der Waals surface area contributed by atoms with Gasteiger partial charge in [0.1, 0.15) is 19.8 Å². The quantitative estimate of drug-likeness (QED) is 0.0249. The van der Waals surface area contributed by atoms with Gasteiger partial charge in [0.2, 0.25) is 0 Å². The predicted molar refractivity (Wildman–Crippen MR) is 251 cm³/mol. The normalized spacial score (nSPS) is 14.5. The minimum Gasteiger partial charge on any atom is -0.466 e. The van der Waals surface area contributed by atoms with Crippen molar-refractivity contribution in [3.05, 3.63) is 0 Å². The van der Waals surface area contributed by atoms with Crippen LogP contribution in [0.1, 0.15) is 226 Å². The Kier molecular flexibility index (Phi) is 40.4. The van der Waals surface area contributed by atoms with Crippen LogP contribution < -0.4 is 0 Å². The lowest BCUT2D eigenvalue weighted by Crippen LogP contribution is -2.28. The van der Waals surface area contributed by atoms with Gasteiger partial charge >= 0.3 is 24.1 Å². The maximum absolute atomic E-state index is 13.0. The lowest BCUT2D eigenvalue weighted by atomic mass is 10.1. The molecule has 0 aromatic heterocycles. The summed E-state index contributed by atoms with van der Waals surface area (Å²) < 4.78 is 39.5. The van der Waals surface area contributed by atoms with Crippen LogP contribution in [0.3, 0.4) is 0 Å². The number of likely N-dealkylation sites (tertiary alicyclic amines) is 1. The number of ether oxygens (including phenoxy) is 7. The van der Waals surface area contributed by atoms with E-state index < -0.39 is 24.3 Å². The highest BCUT2D eigenvalue weighted by Crippen LogP contribution is 2.18. The molecule has 0 bridgehead atoms. The Labute approximate surface area is 384 Å². The van der Waals surface area contributed by atoms with Crippen LogP contribution in [-0.4, -0.2) is 101 Å². The maximum atomic E-state index is 13.0. The zero-order valence-electron chi connectivity index (χ0n) is 41.0. The van der Waals surface area contributed by atoms with E-state index in [-0.39, 0.29) is 51.2 Å². The van der Waals surface area contributed by atoms with Crippen molar-refractivity contribution in [1.82, 2.24) is 4.90 Å². The van der Waals surface area contributed by atoms with Gasteiger partial charge in [0.05, 0.1) is 25.6 Å². The van der Waals surface area contributed by atoms with Gasteiger partial charge < -0.3 is 38.1 Å². The molecule has 370 valence electrons. The van der Waals surface area contributed by atoms with Gasteiger partial charge in [0.25, 0.3) is 0 Å². The minimum absolute atomic E-state index is 0.0569. The first-order valence-corrected chi connectivity index (χ1v) is 26.0. The second-order valence-corrected chi connectivity index (χ2v) is 17.9. The molecule has 0 radical (unpaired) electrons. The average molecular weight is 898 g/mol. The molecule has 0 amide bonds. The van der Waals surface area contributed by atoms with Crippen LogP contribution in [0.5, 0.6) is 0 Å². The number of carbonyl (C=O) groups excluding carboxylic acids is 4. The van der Waals surface area contributed by atoms with E-state index in [4.69, 9.17) is 33.2 Å². The topological polar surface area (TPSA) is 136 Å². The van der Waals surface area contributed by atoms with Crippen LogP contribution in [0.15, 0.2) is 0 Å². The number of hydrogen-bond acceptors (Lipinski definition) is 12. The molecule has 1 fully saturated rings. The molecule has 0 aliphatic carbocycles. The summed E-state index contributed by atoms with van der Waals surface area (Å²) in [6.07, 6.45) is 30.7. The first-order valence-electron chi connectivity index (χ1n) is 26.0. The van der Waals surface area contributed by atoms with Gasteiger partial charge in [-0.15, -0.1) is 0 Å². The molecule has 1 heterocycles. The SMILES string of the molecule is CCCCCCCCCCOC(=O)CCCCCCCC(=O)OCC(COC(=O)CCC(OCCCCCCCC)OCCCCCCCC)COC(=O)OCCC1CCCN1C. The van der Waals surface area contributed by atoms with E-state index in [0.717, 1.165) is 90.0 Å². The van der Waals surface area contributed by atoms with Crippen LogP contribution in [0.2, 0.25) is 0 Å². The standard InChI is InChI=1S/C51H95NO11/c1-5-8-11-14-17-18-24-27-38-57-47(53)32-25-20-19-21-26-33-48(54)61-42-45(44-63-51(56)60-41-36-46-31-30-37-52(46)4)43-62-49(55)34-35-50(58-39-28-22-15-12-9-6-2)59-40-29-23-16-13-10-7-3/h45-46,50H,5-44H2,1-4H3. The Morgan fingerprint density at radius 3 is 1.40 bits per heavy atom. The highest BCUT2D eigenvalue weighted by atomic mass is 16.7. The van der Waals surface area contributed by atoms with E-state index in [1.807, 2.05) is 0 Å². The summed E-state index contributed by atoms with van der Waals surface area (Å²) in [6.45, 7) is 9.41. The Bertz CT molecular complexity index is 1070. The van der Waals surface area contributed by atoms with Crippen molar-refractivity contribution < 1.29 is 52.3 Å². The number of esters is 3. The van der Waals surface area contributed by atoms with E-state index in [0.29, 0.717) is 45.1 Å². The first-order chi connectivity index (χ1) is 30.8. The molecule has 2 atom stereocenters. The van der Waals surface area contributed by atoms with Gasteiger partial charge in [-0.3, -0.25) is 14.4 Å². The zero-order valence-corrected chi connectivity index (χ0v) is 41.0. The van der Waals surface area contributed by atoms with E-state index in [2.05, 4.69) is 32.7 Å². The molecule has 0 aromatic carbocycles. The van der Waals surface area contributed by atoms with Crippen LogP contribution in [0.4, 0.5) is 4.79 Å². The first kappa shape index (κ1) is 58.6. The van der Waals surface area contributed by atoms with E-state index in [1.54, 1.807) is 0 Å². The van der Waals surface area contributed by atoms with Crippen molar-refractivity contribution in [2.24, 2.45) is 5.92 Å². The molecule has 1 aliphatic heterocycles. The summed E-state index contributed by atoms with van der Waals surface area (Å²) in [7, 11) is 2.08. The Balaban J connectivity index is 2.48. The zero-order chi connectivity index (χ0) is 45.9. The molecule has 12 nitrogen and oxygen atoms in total. The molecule has 1 rings (SSSR count). The number of rotatable bonds is 45. The van der Waals surface area contributed by atoms with Crippen molar-refractivity contribution in [3.63, 3.8) is 0 Å². The van der Waals surface area contributed by atoms with Gasteiger partial charge in [-0.1, -0.05) is 149 Å². The summed E-state index contributed by atoms with van der Waals surface area (Å²) in [5.74, 6) is -1.44. The molecular weight excluding hydrogens is 803 g/mol. The van der Waals surface area contributed by atoms with Crippen molar-refractivity contribution in [3.8, 4) is 0 Å². The van der Waals surface area contributed by atoms with Crippen LogP contribution in [0.25, 0.3) is 0 Å². The fraction of sp³-hybridized carbons (Fsp3) is 0.922. The second-order valence-electron chi connectivity index (χ2n) is 17.9. The molecule has 0 N–H and O–H groups in total. The summed E-state index contributed by atoms with van der Waals surface area (Å²) in [5.41, 5.74) is 0. The summed E-state index contributed by atoms with van der Waals surface area (Å²) in [5, 5.41) is 0. The highest BCUT2D eigenvalue weighted by molar-refractivity contribution is 5.70. The fourth-order valence-corrected chi connectivity index (χ4v) is 7.77. The summed E-state index contributed by atoms with van der Waals surface area (Å²) in [4.78, 5) is 52.5. The third kappa shape index (κ3) is 37.5. The summed E-state index contributed by atoms with van der Waals surface area (Å²) >= 11 is 0. The van der Waals surface area contributed by atoms with E-state index >= 15 is 0 Å². The highest BCUT2D eigenvalue weighted by Gasteiger charge is 2.22. The van der Waals surface area contributed by atoms with Crippen LogP contribution in [0, 0.1) is 5.92 Å². The maximum Gasteiger partial charge on any atom is 0.508 e. The molecule has 1 aliphatic rings. The lowest BCUT2D eigenvalue weighted by Gasteiger charge is -2.20. The number of unbranched alkanes of at least 4 members (excludes halogenated alkanes) is 21. The third-order valence-corrected chi connectivity index (χ3v) is 11.9. The van der Waals surface area contributed by atoms with E-state index in [9.17, 15) is 19.2 Å². The average Bonchev–Trinajstić information content (AvgIpc) is 3.69. The molecule has 12 heteroatoms. The van der Waals surface area contributed by atoms with Crippen molar-refractivity contribution in [1.29, 1.82) is 0 Å². The predicted octanol–water partition coefficient (Wildman–Crippen LogP) is 12.6. The Morgan fingerprint density at radius 1 is 0.476 bits per heavy atom. The molecule has 2 unspecified atom stereocenters. The fourth-order valence-electron chi connectivity index (χ4n) is 7.77. The summed E-state index contributed by atoms with van der Waals surface area (Å²) in [6, 6.07) is 0.392. The van der Waals surface area contributed by atoms with Gasteiger partial charge in [-0.2, -0.15) is 0 Å². The third-order valence-electron chi connectivity index (χ3n) is 11.9. The second kappa shape index (κ2) is 43.5. The van der Waals surface area contributed by atoms with Crippen molar-refractivity contribution in [2.75, 3.05) is 59.8 Å². The van der Waals surface area contributed by atoms with Gasteiger partial charge in [-0.05, 0) is 65.0 Å². The largest absolute Gasteiger partial charge is 0.508 e. The van der Waals surface area contributed by atoms with Gasteiger partial charge in [-0.25, -0.2) is 4.79 Å². The minimum atomic E-state index is -0.789. The molecule has 0 aromatic rings. The number of hydrogen-bond donors (Lipinski definition) is 0. The number of nitrogens with zero attached hydrogens (tertiary/aromatic N) is 1. The van der Waals surface area contributed by atoms with Crippen molar-refractivity contribution in [2.45, 2.75) is 239 Å². The monoisotopic (exact) mass is 898 g/mol. The lowest BCUT2D eigenvalue weighted by molar-refractivity contribution is -0.161. The van der Waals surface area contributed by atoms with Gasteiger partial charge in [0, 0.05) is 38.5 Å². The Hall–Kier alpha value is -2.44. The van der Waals surface area contributed by atoms with Crippen molar-refractivity contribution >= 4 is 24.1 Å². The van der Waals surface area contributed by atoms with Gasteiger partial charge in [0.15, 0.2) is 6.29 Å². The smallest absolute Gasteiger partial charge is 0.466 e. The number of carbonyl (C=O) groups is 4. The Morgan fingerprint density at radius 2 is 0.905 bits per heavy atom. The molecule has 1 saturated heterocycles. The molecule has 63 heavy (non-hydrogen) atoms. The van der Waals surface area contributed by atoms with Crippen LogP contribution >= 0.6 is 0 Å². The molecule has 0 saturated carbocycles. The van der Waals surface area contributed by atoms with E-state index in [1.165, 1.54) is 89.9 Å². The molecular formula is C51H95NO11. The van der Waals surface area contributed by atoms with Crippen LogP contribution in [-0.2, 0) is 47.5 Å². The molecule has 0 spiro atoms.